The Labute approximate surface area is 122 Å². The first kappa shape index (κ1) is 15.5. The Balaban J connectivity index is 1.99. The fourth-order valence-electron chi connectivity index (χ4n) is 3.10. The van der Waals surface area contributed by atoms with Crippen LogP contribution in [0.25, 0.3) is 0 Å². The smallest absolute Gasteiger partial charge is 0.127 e. The van der Waals surface area contributed by atoms with Gasteiger partial charge in [-0.05, 0) is 56.9 Å². The van der Waals surface area contributed by atoms with Crippen molar-refractivity contribution in [1.82, 2.24) is 10.2 Å². The van der Waals surface area contributed by atoms with Crippen molar-refractivity contribution in [2.45, 2.75) is 45.7 Å². The summed E-state index contributed by atoms with van der Waals surface area (Å²) in [5, 5.41) is 3.12. The molecule has 1 aromatic carbocycles. The Bertz CT molecular complexity index is 419. The first-order valence-corrected chi connectivity index (χ1v) is 7.87. The molecule has 1 aliphatic rings. The van der Waals surface area contributed by atoms with Crippen molar-refractivity contribution >= 4 is 0 Å². The van der Waals surface area contributed by atoms with Gasteiger partial charge in [-0.2, -0.15) is 0 Å². The monoisotopic (exact) mass is 278 g/mol. The van der Waals surface area contributed by atoms with Crippen molar-refractivity contribution in [3.05, 3.63) is 35.1 Å². The Morgan fingerprint density at radius 1 is 1.30 bits per heavy atom. The van der Waals surface area contributed by atoms with Gasteiger partial charge in [0.1, 0.15) is 5.82 Å². The molecule has 1 N–H and O–H groups in total. The Hall–Kier alpha value is -0.930. The van der Waals surface area contributed by atoms with E-state index in [4.69, 9.17) is 0 Å². The van der Waals surface area contributed by atoms with Gasteiger partial charge in [-0.3, -0.25) is 4.90 Å². The van der Waals surface area contributed by atoms with Gasteiger partial charge in [0.2, 0.25) is 0 Å². The van der Waals surface area contributed by atoms with Crippen LogP contribution in [0.1, 0.15) is 43.7 Å². The van der Waals surface area contributed by atoms with E-state index in [9.17, 15) is 4.39 Å². The number of benzene rings is 1. The zero-order valence-electron chi connectivity index (χ0n) is 12.8. The van der Waals surface area contributed by atoms with Crippen molar-refractivity contribution in [1.29, 1.82) is 0 Å². The lowest BCUT2D eigenvalue weighted by atomic mass is 9.98. The fraction of sp³-hybridized carbons (Fsp3) is 0.647. The van der Waals surface area contributed by atoms with Gasteiger partial charge < -0.3 is 5.32 Å². The third-order valence-electron chi connectivity index (χ3n) is 4.40. The highest BCUT2D eigenvalue weighted by Gasteiger charge is 2.17. The van der Waals surface area contributed by atoms with Crippen molar-refractivity contribution in [2.24, 2.45) is 5.92 Å². The minimum absolute atomic E-state index is 0.0684. The van der Waals surface area contributed by atoms with E-state index in [0.717, 1.165) is 43.2 Å². The predicted molar refractivity (Wildman–Crippen MR) is 82.1 cm³/mol. The zero-order chi connectivity index (χ0) is 14.4. The van der Waals surface area contributed by atoms with Gasteiger partial charge in [0.15, 0.2) is 0 Å². The molecule has 3 heteroatoms. The van der Waals surface area contributed by atoms with E-state index in [-0.39, 0.29) is 5.82 Å². The molecule has 1 aliphatic heterocycles. The van der Waals surface area contributed by atoms with Crippen LogP contribution in [0.2, 0.25) is 0 Å². The van der Waals surface area contributed by atoms with Gasteiger partial charge >= 0.3 is 0 Å². The van der Waals surface area contributed by atoms with Crippen LogP contribution < -0.4 is 5.32 Å². The lowest BCUT2D eigenvalue weighted by molar-refractivity contribution is 0.268. The maximum absolute atomic E-state index is 14.0. The molecular weight excluding hydrogens is 251 g/mol. The van der Waals surface area contributed by atoms with Crippen LogP contribution in [0.15, 0.2) is 18.2 Å². The second-order valence-electron chi connectivity index (χ2n) is 5.94. The van der Waals surface area contributed by atoms with E-state index in [1.807, 2.05) is 19.2 Å². The topological polar surface area (TPSA) is 15.3 Å². The first-order chi connectivity index (χ1) is 9.72. The summed E-state index contributed by atoms with van der Waals surface area (Å²) in [6.07, 6.45) is 5.11. The summed E-state index contributed by atoms with van der Waals surface area (Å²) in [6, 6.07) is 5.48. The maximum Gasteiger partial charge on any atom is 0.127 e. The molecule has 0 saturated carbocycles. The predicted octanol–water partition coefficient (Wildman–Crippen LogP) is 3.56. The third kappa shape index (κ3) is 4.29. The number of halogens is 1. The van der Waals surface area contributed by atoms with Crippen LogP contribution in [0.3, 0.4) is 0 Å². The molecule has 0 radical (unpaired) electrons. The fourth-order valence-corrected chi connectivity index (χ4v) is 3.10. The normalized spacial score (nSPS) is 20.9. The number of rotatable bonds is 5. The van der Waals surface area contributed by atoms with Crippen LogP contribution in [0.5, 0.6) is 0 Å². The highest BCUT2D eigenvalue weighted by Crippen LogP contribution is 2.22. The summed E-state index contributed by atoms with van der Waals surface area (Å²) in [7, 11) is 1.92. The number of likely N-dealkylation sites (tertiary alicyclic amines) is 1. The van der Waals surface area contributed by atoms with Crippen molar-refractivity contribution < 1.29 is 4.39 Å². The minimum Gasteiger partial charge on any atom is -0.316 e. The largest absolute Gasteiger partial charge is 0.316 e. The summed E-state index contributed by atoms with van der Waals surface area (Å²) in [4.78, 5) is 2.41. The van der Waals surface area contributed by atoms with Crippen LogP contribution in [-0.2, 0) is 13.1 Å². The van der Waals surface area contributed by atoms with E-state index in [1.165, 1.54) is 25.7 Å². The summed E-state index contributed by atoms with van der Waals surface area (Å²) >= 11 is 0. The average molecular weight is 278 g/mol. The molecule has 1 fully saturated rings. The molecule has 0 aliphatic carbocycles. The molecule has 0 amide bonds. The van der Waals surface area contributed by atoms with Gasteiger partial charge in [-0.25, -0.2) is 4.39 Å². The lowest BCUT2D eigenvalue weighted by Gasteiger charge is -2.21. The Morgan fingerprint density at radius 3 is 2.90 bits per heavy atom. The van der Waals surface area contributed by atoms with E-state index < -0.39 is 0 Å². The Morgan fingerprint density at radius 2 is 2.15 bits per heavy atom. The maximum atomic E-state index is 14.0. The third-order valence-corrected chi connectivity index (χ3v) is 4.40. The molecule has 1 atom stereocenters. The molecule has 1 heterocycles. The molecule has 112 valence electrons. The molecule has 1 saturated heterocycles. The van der Waals surface area contributed by atoms with Crippen LogP contribution >= 0.6 is 0 Å². The van der Waals surface area contributed by atoms with Crippen LogP contribution in [0, 0.1) is 11.7 Å². The molecule has 2 rings (SSSR count). The number of hydrogen-bond donors (Lipinski definition) is 1. The molecule has 20 heavy (non-hydrogen) atoms. The van der Waals surface area contributed by atoms with Gasteiger partial charge in [-0.1, -0.05) is 25.5 Å². The highest BCUT2D eigenvalue weighted by atomic mass is 19.1. The Kier molecular flexibility index (Phi) is 5.99. The summed E-state index contributed by atoms with van der Waals surface area (Å²) < 4.78 is 14.0. The van der Waals surface area contributed by atoms with Crippen molar-refractivity contribution in [3.63, 3.8) is 0 Å². The zero-order valence-corrected chi connectivity index (χ0v) is 12.8. The van der Waals surface area contributed by atoms with E-state index in [2.05, 4.69) is 17.1 Å². The quantitative estimate of drug-likeness (QED) is 0.886. The van der Waals surface area contributed by atoms with Gasteiger partial charge in [0.25, 0.3) is 0 Å². The van der Waals surface area contributed by atoms with E-state index >= 15 is 0 Å². The number of nitrogens with one attached hydrogen (secondary N) is 1. The minimum atomic E-state index is -0.0684. The molecule has 0 bridgehead atoms. The summed E-state index contributed by atoms with van der Waals surface area (Å²) in [6.45, 7) is 6.03. The van der Waals surface area contributed by atoms with Crippen LogP contribution in [0.4, 0.5) is 4.39 Å². The second kappa shape index (κ2) is 7.75. The number of nitrogens with zero attached hydrogens (tertiary/aromatic N) is 1. The second-order valence-corrected chi connectivity index (χ2v) is 5.94. The highest BCUT2D eigenvalue weighted by molar-refractivity contribution is 5.25. The molecule has 0 aromatic heterocycles. The lowest BCUT2D eigenvalue weighted by Crippen LogP contribution is -2.25. The SMILES string of the molecule is CCC1CCCN(Cc2cc(CNC)ccc2F)CC1. The van der Waals surface area contributed by atoms with Crippen molar-refractivity contribution in [3.8, 4) is 0 Å². The van der Waals surface area contributed by atoms with Gasteiger partial charge in [0, 0.05) is 18.7 Å². The first-order valence-electron chi connectivity index (χ1n) is 7.87. The standard InChI is InChI=1S/C17H27FN2/c1-3-14-5-4-9-20(10-8-14)13-16-11-15(12-19-2)6-7-17(16)18/h6-7,11,14,19H,3-5,8-10,12-13H2,1-2H3. The molecule has 2 nitrogen and oxygen atoms in total. The van der Waals surface area contributed by atoms with E-state index in [0.29, 0.717) is 0 Å². The summed E-state index contributed by atoms with van der Waals surface area (Å²) in [5.74, 6) is 0.793. The van der Waals surface area contributed by atoms with Gasteiger partial charge in [-0.15, -0.1) is 0 Å². The average Bonchev–Trinajstić information content (AvgIpc) is 2.68. The molecule has 1 unspecified atom stereocenters. The molecular formula is C17H27FN2. The van der Waals surface area contributed by atoms with Crippen molar-refractivity contribution in [2.75, 3.05) is 20.1 Å². The van der Waals surface area contributed by atoms with E-state index in [1.54, 1.807) is 6.07 Å². The number of hydrogen-bond acceptors (Lipinski definition) is 2. The summed E-state index contributed by atoms with van der Waals surface area (Å²) in [5.41, 5.74) is 2.00. The van der Waals surface area contributed by atoms with Gasteiger partial charge in [0.05, 0.1) is 0 Å². The molecule has 0 spiro atoms. The van der Waals surface area contributed by atoms with Crippen LogP contribution in [-0.4, -0.2) is 25.0 Å². The molecule has 1 aromatic rings.